The minimum atomic E-state index is -4.72. The Balaban J connectivity index is 1.40. The van der Waals surface area contributed by atoms with Gasteiger partial charge < -0.3 is 24.2 Å². The number of amides is 1. The van der Waals surface area contributed by atoms with Gasteiger partial charge >= 0.3 is 12.1 Å². The van der Waals surface area contributed by atoms with Gasteiger partial charge in [0, 0.05) is 30.4 Å². The lowest BCUT2D eigenvalue weighted by atomic mass is 9.71. The lowest BCUT2D eigenvalue weighted by molar-refractivity contribution is -0.152. The van der Waals surface area contributed by atoms with Crippen molar-refractivity contribution in [1.29, 1.82) is 0 Å². The number of ether oxygens (including phenoxy) is 3. The summed E-state index contributed by atoms with van der Waals surface area (Å²) < 4.78 is 58.6. The average molecular weight is 560 g/mol. The van der Waals surface area contributed by atoms with Gasteiger partial charge in [-0.2, -0.15) is 18.3 Å². The quantitative estimate of drug-likeness (QED) is 0.396. The summed E-state index contributed by atoms with van der Waals surface area (Å²) in [7, 11) is 1.58. The van der Waals surface area contributed by atoms with E-state index in [1.807, 2.05) is 6.92 Å². The van der Waals surface area contributed by atoms with E-state index in [9.17, 15) is 27.9 Å². The summed E-state index contributed by atoms with van der Waals surface area (Å²) in [5.41, 5.74) is -1.01. The van der Waals surface area contributed by atoms with Crippen LogP contribution in [-0.2, 0) is 11.0 Å². The number of aromatic nitrogens is 2. The van der Waals surface area contributed by atoms with Crippen LogP contribution in [0, 0.1) is 5.41 Å². The van der Waals surface area contributed by atoms with E-state index in [1.54, 1.807) is 37.4 Å². The first-order valence-corrected chi connectivity index (χ1v) is 12.9. The van der Waals surface area contributed by atoms with Crippen LogP contribution >= 0.6 is 0 Å². The first kappa shape index (κ1) is 27.4. The normalized spacial score (nSPS) is 20.3. The zero-order valence-electron chi connectivity index (χ0n) is 21.9. The molecular formula is C28H28F3N3O6. The fraction of sp³-hybridized carbons (Fsp3) is 0.393. The molecule has 1 aliphatic heterocycles. The maximum atomic E-state index is 13.6. The molecule has 2 aromatic carbocycles. The Morgan fingerprint density at radius 1 is 1.12 bits per heavy atom. The Morgan fingerprint density at radius 3 is 2.52 bits per heavy atom. The molecule has 0 radical (unpaired) electrons. The van der Waals surface area contributed by atoms with E-state index in [4.69, 9.17) is 14.2 Å². The summed E-state index contributed by atoms with van der Waals surface area (Å²) in [6.45, 7) is 1.91. The fourth-order valence-electron chi connectivity index (χ4n) is 5.10. The third-order valence-corrected chi connectivity index (χ3v) is 7.66. The monoisotopic (exact) mass is 559 g/mol. The number of hydrogen-bond acceptors (Lipinski definition) is 6. The summed E-state index contributed by atoms with van der Waals surface area (Å²) >= 11 is 0. The minimum Gasteiger partial charge on any atom is -0.481 e. The van der Waals surface area contributed by atoms with Crippen molar-refractivity contribution in [3.63, 3.8) is 0 Å². The maximum absolute atomic E-state index is 13.6. The highest BCUT2D eigenvalue weighted by atomic mass is 19.4. The standard InChI is InChI=1S/C28H28F3N3O6/c1-3-27(26(36)37)11-9-20(10-12-27)40-24-15-23(28(29,30)31)32-34(24)19-6-4-5-17(13-19)25(35)33(2)18-7-8-21-22(14-18)39-16-38-21/h4-8,13-15,20H,3,9-12,16H2,1-2H3,(H,36,37). The van der Waals surface area contributed by atoms with Crippen LogP contribution in [0.4, 0.5) is 18.9 Å². The van der Waals surface area contributed by atoms with Crippen molar-refractivity contribution in [2.24, 2.45) is 5.41 Å². The molecule has 1 saturated carbocycles. The molecule has 0 saturated heterocycles. The molecule has 0 atom stereocenters. The van der Waals surface area contributed by atoms with E-state index >= 15 is 0 Å². The molecule has 1 aliphatic carbocycles. The Kier molecular flexibility index (Phi) is 7.11. The molecule has 0 bridgehead atoms. The number of carboxylic acids is 1. The predicted molar refractivity (Wildman–Crippen MR) is 137 cm³/mol. The molecule has 1 N–H and O–H groups in total. The molecular weight excluding hydrogens is 531 g/mol. The number of carboxylic acid groups (broad SMARTS) is 1. The molecule has 2 heterocycles. The number of halogens is 3. The molecule has 1 aromatic heterocycles. The Hall–Kier alpha value is -4.22. The van der Waals surface area contributed by atoms with E-state index in [2.05, 4.69) is 5.10 Å². The maximum Gasteiger partial charge on any atom is 0.435 e. The van der Waals surface area contributed by atoms with Crippen molar-refractivity contribution in [2.75, 3.05) is 18.7 Å². The number of anilines is 1. The summed E-state index contributed by atoms with van der Waals surface area (Å²) in [6, 6.07) is 12.0. The van der Waals surface area contributed by atoms with Crippen molar-refractivity contribution in [3.05, 3.63) is 59.8 Å². The summed E-state index contributed by atoms with van der Waals surface area (Å²) in [5, 5.41) is 13.4. The van der Waals surface area contributed by atoms with E-state index in [0.29, 0.717) is 49.3 Å². The smallest absolute Gasteiger partial charge is 0.435 e. The predicted octanol–water partition coefficient (Wildman–Crippen LogP) is 5.70. The number of rotatable bonds is 7. The second-order valence-electron chi connectivity index (χ2n) is 9.99. The van der Waals surface area contributed by atoms with Gasteiger partial charge in [-0.25, -0.2) is 4.68 Å². The summed E-state index contributed by atoms with van der Waals surface area (Å²) in [4.78, 5) is 26.5. The molecule has 0 unspecified atom stereocenters. The van der Waals surface area contributed by atoms with Gasteiger partial charge in [0.15, 0.2) is 17.2 Å². The fourth-order valence-corrected chi connectivity index (χ4v) is 5.10. The number of aliphatic carboxylic acids is 1. The molecule has 40 heavy (non-hydrogen) atoms. The van der Waals surface area contributed by atoms with Crippen LogP contribution in [0.2, 0.25) is 0 Å². The van der Waals surface area contributed by atoms with Crippen LogP contribution in [0.3, 0.4) is 0 Å². The molecule has 3 aromatic rings. The average Bonchev–Trinajstić information content (AvgIpc) is 3.59. The van der Waals surface area contributed by atoms with Gasteiger partial charge in [-0.15, -0.1) is 0 Å². The van der Waals surface area contributed by atoms with Gasteiger partial charge in [-0.3, -0.25) is 9.59 Å². The second-order valence-corrected chi connectivity index (χ2v) is 9.99. The van der Waals surface area contributed by atoms with Gasteiger partial charge in [0.25, 0.3) is 5.91 Å². The number of hydrogen-bond donors (Lipinski definition) is 1. The van der Waals surface area contributed by atoms with E-state index in [1.165, 1.54) is 17.0 Å². The second kappa shape index (κ2) is 10.4. The number of fused-ring (bicyclic) bond motifs is 1. The number of carbonyl (C=O) groups excluding carboxylic acids is 1. The van der Waals surface area contributed by atoms with Crippen molar-refractivity contribution >= 4 is 17.6 Å². The topological polar surface area (TPSA) is 103 Å². The zero-order chi connectivity index (χ0) is 28.7. The van der Waals surface area contributed by atoms with Gasteiger partial charge in [0.1, 0.15) is 6.10 Å². The van der Waals surface area contributed by atoms with Crippen LogP contribution < -0.4 is 19.1 Å². The van der Waals surface area contributed by atoms with Crippen LogP contribution in [0.25, 0.3) is 5.69 Å². The Labute approximate surface area is 228 Å². The molecule has 9 nitrogen and oxygen atoms in total. The number of alkyl halides is 3. The van der Waals surface area contributed by atoms with Crippen molar-refractivity contribution < 1.29 is 42.1 Å². The summed E-state index contributed by atoms with van der Waals surface area (Å²) in [6.07, 6.45) is -3.25. The zero-order valence-corrected chi connectivity index (χ0v) is 21.9. The first-order valence-electron chi connectivity index (χ1n) is 12.9. The molecule has 1 amide bonds. The van der Waals surface area contributed by atoms with Crippen molar-refractivity contribution in [3.8, 4) is 23.1 Å². The molecule has 2 aliphatic rings. The third kappa shape index (κ3) is 5.17. The number of nitrogens with zero attached hydrogens (tertiary/aromatic N) is 3. The van der Waals surface area contributed by atoms with E-state index in [0.717, 1.165) is 10.7 Å². The lowest BCUT2D eigenvalue weighted by Gasteiger charge is -2.36. The highest BCUT2D eigenvalue weighted by Crippen LogP contribution is 2.41. The highest BCUT2D eigenvalue weighted by Gasteiger charge is 2.42. The van der Waals surface area contributed by atoms with E-state index in [-0.39, 0.29) is 23.9 Å². The first-order chi connectivity index (χ1) is 19.0. The van der Waals surface area contributed by atoms with Crippen LogP contribution in [-0.4, -0.2) is 46.7 Å². The molecule has 0 spiro atoms. The highest BCUT2D eigenvalue weighted by molar-refractivity contribution is 6.06. The number of carbonyl (C=O) groups is 2. The van der Waals surface area contributed by atoms with Crippen LogP contribution in [0.15, 0.2) is 48.5 Å². The van der Waals surface area contributed by atoms with Crippen LogP contribution in [0.5, 0.6) is 17.4 Å². The van der Waals surface area contributed by atoms with Crippen molar-refractivity contribution in [1.82, 2.24) is 9.78 Å². The van der Waals surface area contributed by atoms with Gasteiger partial charge in [0.05, 0.1) is 11.1 Å². The Bertz CT molecular complexity index is 1430. The molecule has 5 rings (SSSR count). The van der Waals surface area contributed by atoms with Crippen LogP contribution in [0.1, 0.15) is 55.1 Å². The third-order valence-electron chi connectivity index (χ3n) is 7.66. The Morgan fingerprint density at radius 2 is 1.85 bits per heavy atom. The molecule has 12 heteroatoms. The van der Waals surface area contributed by atoms with Gasteiger partial charge in [0.2, 0.25) is 12.7 Å². The SMILES string of the molecule is CCC1(C(=O)O)CCC(Oc2cc(C(F)(F)F)nn2-c2cccc(C(=O)N(C)c3ccc4c(c3)OCO4)c2)CC1. The molecule has 1 fully saturated rings. The minimum absolute atomic E-state index is 0.0899. The van der Waals surface area contributed by atoms with E-state index < -0.39 is 35.3 Å². The summed E-state index contributed by atoms with van der Waals surface area (Å²) in [5.74, 6) is -0.329. The van der Waals surface area contributed by atoms with Gasteiger partial charge in [-0.1, -0.05) is 13.0 Å². The largest absolute Gasteiger partial charge is 0.481 e. The number of benzene rings is 2. The molecule has 212 valence electrons. The van der Waals surface area contributed by atoms with Gasteiger partial charge in [-0.05, 0) is 62.4 Å². The van der Waals surface area contributed by atoms with Crippen molar-refractivity contribution in [2.45, 2.75) is 51.3 Å². The lowest BCUT2D eigenvalue weighted by Crippen LogP contribution is -2.38.